The van der Waals surface area contributed by atoms with Gasteiger partial charge < -0.3 is 9.72 Å². The van der Waals surface area contributed by atoms with Crippen LogP contribution in [0, 0.1) is 11.6 Å². The summed E-state index contributed by atoms with van der Waals surface area (Å²) in [6.07, 6.45) is 7.18. The van der Waals surface area contributed by atoms with Gasteiger partial charge in [0.25, 0.3) is 0 Å². The first-order chi connectivity index (χ1) is 13.1. The van der Waals surface area contributed by atoms with E-state index in [1.165, 1.54) is 18.5 Å². The summed E-state index contributed by atoms with van der Waals surface area (Å²) in [5.74, 6) is -0.551. The van der Waals surface area contributed by atoms with Crippen LogP contribution in [0.2, 0.25) is 0 Å². The second kappa shape index (κ2) is 7.40. The first kappa shape index (κ1) is 17.5. The van der Waals surface area contributed by atoms with Crippen LogP contribution in [0.15, 0.2) is 59.7 Å². The van der Waals surface area contributed by atoms with Gasteiger partial charge in [0.15, 0.2) is 0 Å². The molecular weight excluding hydrogens is 416 g/mol. The predicted octanol–water partition coefficient (Wildman–Crippen LogP) is 4.49. The Labute approximate surface area is 162 Å². The average Bonchev–Trinajstić information content (AvgIpc) is 3.12. The van der Waals surface area contributed by atoms with Crippen LogP contribution >= 0.6 is 15.9 Å². The molecule has 27 heavy (non-hydrogen) atoms. The van der Waals surface area contributed by atoms with Crippen LogP contribution in [0.3, 0.4) is 0 Å². The van der Waals surface area contributed by atoms with Gasteiger partial charge in [0, 0.05) is 46.8 Å². The summed E-state index contributed by atoms with van der Waals surface area (Å²) < 4.78 is 30.1. The largest absolute Gasteiger partial charge is 0.370 e. The monoisotopic (exact) mass is 429 g/mol. The lowest BCUT2D eigenvalue weighted by Crippen LogP contribution is -2.09. The van der Waals surface area contributed by atoms with Gasteiger partial charge >= 0.3 is 0 Å². The zero-order chi connectivity index (χ0) is 18.8. The summed E-state index contributed by atoms with van der Waals surface area (Å²) in [6, 6.07) is 8.15. The number of halogens is 3. The molecule has 0 aliphatic carbocycles. The lowest BCUT2D eigenvalue weighted by Gasteiger charge is -2.09. The molecule has 8 heteroatoms. The van der Waals surface area contributed by atoms with Crippen LogP contribution in [-0.4, -0.2) is 25.9 Å². The highest BCUT2D eigenvalue weighted by Gasteiger charge is 2.10. The maximum Gasteiger partial charge on any atom is 0.136 e. The highest BCUT2D eigenvalue weighted by Crippen LogP contribution is 2.21. The molecule has 0 aliphatic heterocycles. The summed E-state index contributed by atoms with van der Waals surface area (Å²) in [4.78, 5) is 12.7. The average molecular weight is 430 g/mol. The van der Waals surface area contributed by atoms with Crippen LogP contribution in [0.5, 0.6) is 0 Å². The number of imidazole rings is 1. The molecule has 0 atom stereocenters. The van der Waals surface area contributed by atoms with Crippen LogP contribution in [0.4, 0.5) is 14.6 Å². The van der Waals surface area contributed by atoms with E-state index in [2.05, 4.69) is 36.2 Å². The van der Waals surface area contributed by atoms with Crippen molar-refractivity contribution in [2.75, 3.05) is 11.9 Å². The number of benzene rings is 1. The molecule has 0 amide bonds. The third-order valence-corrected chi connectivity index (χ3v) is 4.60. The fourth-order valence-corrected chi connectivity index (χ4v) is 3.21. The van der Waals surface area contributed by atoms with Gasteiger partial charge in [0.2, 0.25) is 0 Å². The Morgan fingerprint density at radius 3 is 2.67 bits per heavy atom. The van der Waals surface area contributed by atoms with E-state index in [9.17, 15) is 8.78 Å². The molecule has 0 spiro atoms. The van der Waals surface area contributed by atoms with Crippen LogP contribution in [0.25, 0.3) is 16.9 Å². The van der Waals surface area contributed by atoms with Crippen molar-refractivity contribution >= 4 is 27.4 Å². The van der Waals surface area contributed by atoms with Gasteiger partial charge in [-0.2, -0.15) is 0 Å². The van der Waals surface area contributed by atoms with Crippen LogP contribution < -0.4 is 5.32 Å². The molecule has 0 saturated carbocycles. The predicted molar refractivity (Wildman–Crippen MR) is 102 cm³/mol. The summed E-state index contributed by atoms with van der Waals surface area (Å²) in [5.41, 5.74) is 2.55. The number of aromatic nitrogens is 4. The van der Waals surface area contributed by atoms with E-state index in [1.807, 2.05) is 28.9 Å². The molecule has 0 saturated heterocycles. The van der Waals surface area contributed by atoms with Crippen molar-refractivity contribution < 1.29 is 8.78 Å². The minimum Gasteiger partial charge on any atom is -0.370 e. The van der Waals surface area contributed by atoms with E-state index in [4.69, 9.17) is 0 Å². The van der Waals surface area contributed by atoms with E-state index in [-0.39, 0.29) is 12.0 Å². The fourth-order valence-electron chi connectivity index (χ4n) is 2.81. The van der Waals surface area contributed by atoms with E-state index in [1.54, 1.807) is 12.3 Å². The molecule has 4 rings (SSSR count). The van der Waals surface area contributed by atoms with Crippen LogP contribution in [0.1, 0.15) is 5.56 Å². The van der Waals surface area contributed by atoms with Crippen molar-refractivity contribution in [1.82, 2.24) is 19.4 Å². The standard InChI is InChI=1S/C19H14BrF2N5/c20-13-7-15(21)14(16(22)8-13)3-4-23-18-9-17(25-11-26-18)12-1-2-19-24-5-6-27(19)10-12/h1-2,5-11H,3-4H2,(H,23,25,26). The van der Waals surface area contributed by atoms with Gasteiger partial charge in [0.1, 0.15) is 29.4 Å². The summed E-state index contributed by atoms with van der Waals surface area (Å²) in [6.45, 7) is 0.340. The Kier molecular flexibility index (Phi) is 4.81. The van der Waals surface area contributed by atoms with E-state index >= 15 is 0 Å². The Morgan fingerprint density at radius 1 is 1.04 bits per heavy atom. The maximum absolute atomic E-state index is 13.9. The van der Waals surface area contributed by atoms with Gasteiger partial charge in [0.05, 0.1) is 5.69 Å². The second-order valence-electron chi connectivity index (χ2n) is 5.92. The van der Waals surface area contributed by atoms with Gasteiger partial charge in [-0.15, -0.1) is 0 Å². The Morgan fingerprint density at radius 2 is 1.85 bits per heavy atom. The quantitative estimate of drug-likeness (QED) is 0.507. The molecule has 5 nitrogen and oxygen atoms in total. The van der Waals surface area contributed by atoms with Crippen molar-refractivity contribution in [3.8, 4) is 11.3 Å². The summed E-state index contributed by atoms with van der Waals surface area (Å²) in [7, 11) is 0. The van der Waals surface area contributed by atoms with Gasteiger partial charge in [-0.25, -0.2) is 23.7 Å². The van der Waals surface area contributed by atoms with Crippen LogP contribution in [-0.2, 0) is 6.42 Å². The number of nitrogens with zero attached hydrogens (tertiary/aromatic N) is 4. The molecule has 1 aromatic carbocycles. The zero-order valence-corrected chi connectivity index (χ0v) is 15.6. The summed E-state index contributed by atoms with van der Waals surface area (Å²) >= 11 is 3.08. The molecule has 0 aliphatic rings. The topological polar surface area (TPSA) is 55.1 Å². The SMILES string of the molecule is Fc1cc(Br)cc(F)c1CCNc1cc(-c2ccc3nccn3c2)ncn1. The number of rotatable bonds is 5. The highest BCUT2D eigenvalue weighted by atomic mass is 79.9. The number of nitrogens with one attached hydrogen (secondary N) is 1. The Balaban J connectivity index is 1.48. The number of anilines is 1. The van der Waals surface area contributed by atoms with Crippen molar-refractivity contribution in [3.63, 3.8) is 0 Å². The highest BCUT2D eigenvalue weighted by molar-refractivity contribution is 9.10. The van der Waals surface area contributed by atoms with Gasteiger partial charge in [-0.05, 0) is 30.7 Å². The normalized spacial score (nSPS) is 11.1. The molecule has 0 radical (unpaired) electrons. The molecule has 3 aromatic heterocycles. The molecule has 0 unspecified atom stereocenters. The first-order valence-corrected chi connectivity index (χ1v) is 9.02. The minimum absolute atomic E-state index is 0.0468. The zero-order valence-electron chi connectivity index (χ0n) is 14.0. The van der Waals surface area contributed by atoms with Crippen molar-refractivity contribution in [2.24, 2.45) is 0 Å². The first-order valence-electron chi connectivity index (χ1n) is 8.22. The van der Waals surface area contributed by atoms with Gasteiger partial charge in [-0.1, -0.05) is 15.9 Å². The maximum atomic E-state index is 13.9. The number of fused-ring (bicyclic) bond motifs is 1. The molecule has 3 heterocycles. The van der Waals surface area contributed by atoms with E-state index in [0.717, 1.165) is 16.9 Å². The lowest BCUT2D eigenvalue weighted by atomic mass is 10.1. The Hall–Kier alpha value is -2.87. The Bertz CT molecular complexity index is 1090. The minimum atomic E-state index is -0.569. The van der Waals surface area contributed by atoms with E-state index in [0.29, 0.717) is 16.8 Å². The number of hydrogen-bond donors (Lipinski definition) is 1. The summed E-state index contributed by atoms with van der Waals surface area (Å²) in [5, 5.41) is 3.09. The lowest BCUT2D eigenvalue weighted by molar-refractivity contribution is 0.555. The molecule has 1 N–H and O–H groups in total. The number of pyridine rings is 1. The van der Waals surface area contributed by atoms with Crippen molar-refractivity contribution in [3.05, 3.63) is 76.9 Å². The molecule has 136 valence electrons. The molecule has 4 aromatic rings. The number of hydrogen-bond acceptors (Lipinski definition) is 4. The second-order valence-corrected chi connectivity index (χ2v) is 6.84. The third-order valence-electron chi connectivity index (χ3n) is 4.14. The van der Waals surface area contributed by atoms with E-state index < -0.39 is 11.6 Å². The van der Waals surface area contributed by atoms with Gasteiger partial charge in [-0.3, -0.25) is 0 Å². The smallest absolute Gasteiger partial charge is 0.136 e. The molecular formula is C19H14BrF2N5. The third kappa shape index (κ3) is 3.80. The van der Waals surface area contributed by atoms with Crippen molar-refractivity contribution in [1.29, 1.82) is 0 Å². The molecule has 0 fully saturated rings. The van der Waals surface area contributed by atoms with Crippen molar-refractivity contribution in [2.45, 2.75) is 6.42 Å². The molecule has 0 bridgehead atoms. The fraction of sp³-hybridized carbons (Fsp3) is 0.105.